The average molecular weight is 290 g/mol. The van der Waals surface area contributed by atoms with Crippen LogP contribution in [0.5, 0.6) is 0 Å². The van der Waals surface area contributed by atoms with Crippen LogP contribution in [0.15, 0.2) is 32.8 Å². The van der Waals surface area contributed by atoms with E-state index in [1.54, 1.807) is 19.1 Å². The van der Waals surface area contributed by atoms with Crippen LogP contribution < -0.4 is 17.0 Å². The highest BCUT2D eigenvalue weighted by atomic mass is 19.1. The first-order chi connectivity index (χ1) is 9.82. The van der Waals surface area contributed by atoms with Gasteiger partial charge in [0.2, 0.25) is 0 Å². The first-order valence-electron chi connectivity index (χ1n) is 6.18. The van der Waals surface area contributed by atoms with Crippen LogP contribution in [0.1, 0.15) is 11.1 Å². The standard InChI is InChI=1S/C14H15FN4O2/c1-8-4-5-9(6-11(8)15)17-7-10-12(16)18(2)14(21)19(3)13(10)20/h4-7H,16H2,1-3H3. The zero-order chi connectivity index (χ0) is 15.7. The van der Waals surface area contributed by atoms with Crippen LogP contribution in [-0.4, -0.2) is 15.3 Å². The van der Waals surface area contributed by atoms with Crippen molar-refractivity contribution in [3.8, 4) is 0 Å². The number of benzene rings is 1. The quantitative estimate of drug-likeness (QED) is 0.833. The van der Waals surface area contributed by atoms with Crippen molar-refractivity contribution in [1.82, 2.24) is 9.13 Å². The molecule has 0 bridgehead atoms. The van der Waals surface area contributed by atoms with Crippen LogP contribution in [0.25, 0.3) is 0 Å². The van der Waals surface area contributed by atoms with Crippen LogP contribution in [0.3, 0.4) is 0 Å². The number of hydrogen-bond acceptors (Lipinski definition) is 4. The van der Waals surface area contributed by atoms with Crippen molar-refractivity contribution in [1.29, 1.82) is 0 Å². The van der Waals surface area contributed by atoms with Gasteiger partial charge in [-0.1, -0.05) is 6.07 Å². The maximum absolute atomic E-state index is 13.4. The number of aryl methyl sites for hydroxylation is 1. The summed E-state index contributed by atoms with van der Waals surface area (Å²) in [4.78, 5) is 27.7. The van der Waals surface area contributed by atoms with Crippen molar-refractivity contribution in [2.75, 3.05) is 5.73 Å². The van der Waals surface area contributed by atoms with E-state index in [0.29, 0.717) is 11.3 Å². The molecule has 21 heavy (non-hydrogen) atoms. The number of aliphatic imine (C=N–C) groups is 1. The Hall–Kier alpha value is -2.70. The summed E-state index contributed by atoms with van der Waals surface area (Å²) < 4.78 is 15.5. The van der Waals surface area contributed by atoms with Crippen LogP contribution in [0.2, 0.25) is 0 Å². The van der Waals surface area contributed by atoms with Crippen LogP contribution in [0, 0.1) is 12.7 Å². The fraction of sp³-hybridized carbons (Fsp3) is 0.214. The van der Waals surface area contributed by atoms with Gasteiger partial charge in [-0.2, -0.15) is 0 Å². The zero-order valence-electron chi connectivity index (χ0n) is 11.9. The molecule has 2 N–H and O–H groups in total. The molecular weight excluding hydrogens is 275 g/mol. The highest BCUT2D eigenvalue weighted by molar-refractivity contribution is 5.86. The third kappa shape index (κ3) is 2.62. The van der Waals surface area contributed by atoms with Crippen molar-refractivity contribution in [3.63, 3.8) is 0 Å². The minimum absolute atomic E-state index is 0.0134. The Morgan fingerprint density at radius 1 is 1.24 bits per heavy atom. The summed E-state index contributed by atoms with van der Waals surface area (Å²) in [5.41, 5.74) is 5.63. The first-order valence-corrected chi connectivity index (χ1v) is 6.18. The van der Waals surface area contributed by atoms with Crippen molar-refractivity contribution >= 4 is 17.7 Å². The second-order valence-corrected chi connectivity index (χ2v) is 4.70. The highest BCUT2D eigenvalue weighted by Crippen LogP contribution is 2.16. The largest absolute Gasteiger partial charge is 0.384 e. The number of rotatable bonds is 2. The topological polar surface area (TPSA) is 82.4 Å². The van der Waals surface area contributed by atoms with Gasteiger partial charge in [-0.3, -0.25) is 18.9 Å². The lowest BCUT2D eigenvalue weighted by Gasteiger charge is -2.08. The van der Waals surface area contributed by atoms with E-state index in [1.165, 1.54) is 26.4 Å². The maximum Gasteiger partial charge on any atom is 0.332 e. The summed E-state index contributed by atoms with van der Waals surface area (Å²) in [6, 6.07) is 4.47. The summed E-state index contributed by atoms with van der Waals surface area (Å²) >= 11 is 0. The Kier molecular flexibility index (Phi) is 3.75. The Bertz CT molecular complexity index is 849. The fourth-order valence-electron chi connectivity index (χ4n) is 1.81. The van der Waals surface area contributed by atoms with Gasteiger partial charge in [0.1, 0.15) is 11.6 Å². The van der Waals surface area contributed by atoms with Gasteiger partial charge in [0.15, 0.2) is 0 Å². The summed E-state index contributed by atoms with van der Waals surface area (Å²) in [6.07, 6.45) is 1.24. The van der Waals surface area contributed by atoms with E-state index in [1.807, 2.05) is 0 Å². The molecule has 7 heteroatoms. The molecule has 1 aromatic heterocycles. The Labute approximate surface area is 120 Å². The van der Waals surface area contributed by atoms with Crippen LogP contribution >= 0.6 is 0 Å². The fourth-order valence-corrected chi connectivity index (χ4v) is 1.81. The summed E-state index contributed by atoms with van der Waals surface area (Å²) in [5, 5.41) is 0. The molecule has 0 aliphatic rings. The second kappa shape index (κ2) is 5.35. The molecule has 0 fully saturated rings. The maximum atomic E-state index is 13.4. The predicted molar refractivity (Wildman–Crippen MR) is 79.7 cm³/mol. The third-order valence-corrected chi connectivity index (χ3v) is 3.24. The van der Waals surface area contributed by atoms with Gasteiger partial charge in [-0.15, -0.1) is 0 Å². The first kappa shape index (κ1) is 14.7. The molecule has 2 aromatic rings. The molecule has 0 atom stereocenters. The summed E-state index contributed by atoms with van der Waals surface area (Å²) in [6.45, 7) is 1.64. The molecule has 0 radical (unpaired) electrons. The van der Waals surface area contributed by atoms with Gasteiger partial charge < -0.3 is 5.73 Å². The number of nitrogen functional groups attached to an aromatic ring is 1. The van der Waals surface area contributed by atoms with Crippen molar-refractivity contribution in [3.05, 3.63) is 56.0 Å². The Morgan fingerprint density at radius 3 is 2.52 bits per heavy atom. The molecule has 1 heterocycles. The number of halogens is 1. The molecule has 6 nitrogen and oxygen atoms in total. The predicted octanol–water partition coefficient (Wildman–Crippen LogP) is 0.864. The van der Waals surface area contributed by atoms with Crippen LogP contribution in [0.4, 0.5) is 15.9 Å². The monoisotopic (exact) mass is 290 g/mol. The second-order valence-electron chi connectivity index (χ2n) is 4.70. The number of anilines is 1. The van der Waals surface area contributed by atoms with Gasteiger partial charge in [0.25, 0.3) is 5.56 Å². The van der Waals surface area contributed by atoms with E-state index in [9.17, 15) is 14.0 Å². The van der Waals surface area contributed by atoms with Crippen LogP contribution in [-0.2, 0) is 14.1 Å². The minimum atomic E-state index is -0.549. The Morgan fingerprint density at radius 2 is 1.90 bits per heavy atom. The number of aromatic nitrogens is 2. The molecule has 0 aliphatic carbocycles. The van der Waals surface area contributed by atoms with Gasteiger partial charge in [-0.05, 0) is 24.6 Å². The summed E-state index contributed by atoms with van der Waals surface area (Å²) in [5.74, 6) is -0.370. The van der Waals surface area contributed by atoms with Crippen molar-refractivity contribution in [2.45, 2.75) is 6.92 Å². The molecule has 110 valence electrons. The molecule has 0 spiro atoms. The zero-order valence-corrected chi connectivity index (χ0v) is 11.9. The lowest BCUT2D eigenvalue weighted by atomic mass is 10.2. The van der Waals surface area contributed by atoms with Gasteiger partial charge in [-0.25, -0.2) is 9.18 Å². The van der Waals surface area contributed by atoms with E-state index in [2.05, 4.69) is 4.99 Å². The third-order valence-electron chi connectivity index (χ3n) is 3.24. The van der Waals surface area contributed by atoms with E-state index in [4.69, 9.17) is 5.73 Å². The molecule has 0 amide bonds. The molecule has 0 saturated heterocycles. The molecule has 0 aliphatic heterocycles. The van der Waals surface area contributed by atoms with Gasteiger partial charge in [0, 0.05) is 20.3 Å². The molecule has 1 aromatic carbocycles. The molecule has 0 unspecified atom stereocenters. The smallest absolute Gasteiger partial charge is 0.332 e. The lowest BCUT2D eigenvalue weighted by Crippen LogP contribution is -2.40. The normalized spacial score (nSPS) is 11.2. The molecule has 0 saturated carbocycles. The van der Waals surface area contributed by atoms with E-state index >= 15 is 0 Å². The Balaban J connectivity index is 2.54. The van der Waals surface area contributed by atoms with E-state index in [0.717, 1.165) is 9.13 Å². The summed E-state index contributed by atoms with van der Waals surface area (Å²) in [7, 11) is 2.81. The minimum Gasteiger partial charge on any atom is -0.384 e. The molecular formula is C14H15FN4O2. The van der Waals surface area contributed by atoms with Gasteiger partial charge in [0.05, 0.1) is 11.3 Å². The number of hydrogen-bond donors (Lipinski definition) is 1. The lowest BCUT2D eigenvalue weighted by molar-refractivity contribution is 0.619. The number of nitrogens with zero attached hydrogens (tertiary/aromatic N) is 3. The van der Waals surface area contributed by atoms with E-state index < -0.39 is 11.2 Å². The van der Waals surface area contributed by atoms with Crippen molar-refractivity contribution < 1.29 is 4.39 Å². The average Bonchev–Trinajstić information content (AvgIpc) is 2.46. The van der Waals surface area contributed by atoms with E-state index in [-0.39, 0.29) is 17.2 Å². The highest BCUT2D eigenvalue weighted by Gasteiger charge is 2.11. The molecule has 2 rings (SSSR count). The SMILES string of the molecule is Cc1ccc(N=Cc2c(N)n(C)c(=O)n(C)c2=O)cc1F. The van der Waals surface area contributed by atoms with Gasteiger partial charge >= 0.3 is 5.69 Å². The number of nitrogens with two attached hydrogens (primary N) is 1. The van der Waals surface area contributed by atoms with Crippen molar-refractivity contribution in [2.24, 2.45) is 19.1 Å².